The third kappa shape index (κ3) is 2.81. The first-order valence-corrected chi connectivity index (χ1v) is 8.40. The number of carbonyl (C=O) groups excluding carboxylic acids is 1. The molecule has 0 heterocycles. The smallest absolute Gasteiger partial charge is 0.224 e. The minimum absolute atomic E-state index is 0.0759. The zero-order valence-corrected chi connectivity index (χ0v) is 13.1. The van der Waals surface area contributed by atoms with Gasteiger partial charge in [-0.1, -0.05) is 72.8 Å². The molecule has 0 spiro atoms. The Morgan fingerprint density at radius 3 is 1.96 bits per heavy atom. The molecule has 1 saturated carbocycles. The normalized spacial score (nSPS) is 25.0. The molecule has 2 aliphatic rings. The van der Waals surface area contributed by atoms with Crippen LogP contribution in [0.1, 0.15) is 30.0 Å². The van der Waals surface area contributed by atoms with Crippen LogP contribution in [0.3, 0.4) is 0 Å². The van der Waals surface area contributed by atoms with Crippen LogP contribution in [0.5, 0.6) is 0 Å². The average Bonchev–Trinajstić information content (AvgIpc) is 3.24. The number of hydrogen-bond donors (Lipinski definition) is 1. The molecule has 2 heteroatoms. The summed E-state index contributed by atoms with van der Waals surface area (Å²) < 4.78 is 0. The van der Waals surface area contributed by atoms with Crippen LogP contribution in [0.25, 0.3) is 0 Å². The van der Waals surface area contributed by atoms with Crippen LogP contribution in [-0.4, -0.2) is 5.91 Å². The molecule has 2 bridgehead atoms. The number of amides is 1. The molecule has 2 aliphatic carbocycles. The van der Waals surface area contributed by atoms with Gasteiger partial charge < -0.3 is 5.32 Å². The fourth-order valence-corrected chi connectivity index (χ4v) is 3.98. The van der Waals surface area contributed by atoms with Gasteiger partial charge in [-0.05, 0) is 35.8 Å². The van der Waals surface area contributed by atoms with Gasteiger partial charge in [0.1, 0.15) is 0 Å². The first kappa shape index (κ1) is 14.3. The number of rotatable bonds is 4. The molecule has 2 aromatic carbocycles. The van der Waals surface area contributed by atoms with E-state index in [1.165, 1.54) is 0 Å². The lowest BCUT2D eigenvalue weighted by Crippen LogP contribution is -2.36. The molecule has 0 saturated heterocycles. The highest BCUT2D eigenvalue weighted by atomic mass is 16.2. The van der Waals surface area contributed by atoms with Crippen molar-refractivity contribution in [2.45, 2.75) is 18.9 Å². The number of fused-ring (bicyclic) bond motifs is 2. The molecule has 2 aromatic rings. The van der Waals surface area contributed by atoms with Gasteiger partial charge in [0.25, 0.3) is 0 Å². The summed E-state index contributed by atoms with van der Waals surface area (Å²) >= 11 is 0. The second-order valence-corrected chi connectivity index (χ2v) is 6.65. The van der Waals surface area contributed by atoms with Crippen molar-refractivity contribution in [1.82, 2.24) is 5.32 Å². The zero-order valence-electron chi connectivity index (χ0n) is 13.1. The Labute approximate surface area is 137 Å². The summed E-state index contributed by atoms with van der Waals surface area (Å²) in [5.41, 5.74) is 2.26. The highest BCUT2D eigenvalue weighted by Crippen LogP contribution is 2.43. The third-order valence-corrected chi connectivity index (χ3v) is 5.17. The van der Waals surface area contributed by atoms with E-state index in [9.17, 15) is 4.79 Å². The molecular weight excluding hydrogens is 282 g/mol. The van der Waals surface area contributed by atoms with Crippen molar-refractivity contribution < 1.29 is 4.79 Å². The predicted molar refractivity (Wildman–Crippen MR) is 91.7 cm³/mol. The SMILES string of the molecule is O=C(NC(c1ccccc1)c1ccccc1)[C@H]1C[C@H]2C=C[C@H]1C2. The van der Waals surface area contributed by atoms with Crippen LogP contribution in [0.2, 0.25) is 0 Å². The van der Waals surface area contributed by atoms with Crippen LogP contribution in [0.15, 0.2) is 72.8 Å². The molecule has 1 N–H and O–H groups in total. The second kappa shape index (κ2) is 6.04. The van der Waals surface area contributed by atoms with E-state index in [1.807, 2.05) is 36.4 Å². The molecule has 3 atom stereocenters. The van der Waals surface area contributed by atoms with E-state index in [4.69, 9.17) is 0 Å². The van der Waals surface area contributed by atoms with Crippen molar-refractivity contribution >= 4 is 5.91 Å². The average molecular weight is 303 g/mol. The molecule has 1 amide bonds. The topological polar surface area (TPSA) is 29.1 Å². The Morgan fingerprint density at radius 1 is 0.870 bits per heavy atom. The van der Waals surface area contributed by atoms with Crippen molar-refractivity contribution in [2.75, 3.05) is 0 Å². The lowest BCUT2D eigenvalue weighted by molar-refractivity contribution is -0.126. The van der Waals surface area contributed by atoms with Gasteiger partial charge in [-0.15, -0.1) is 0 Å². The Kier molecular flexibility index (Phi) is 3.74. The molecule has 1 fully saturated rings. The highest BCUT2D eigenvalue weighted by Gasteiger charge is 2.40. The fraction of sp³-hybridized carbons (Fsp3) is 0.286. The number of benzene rings is 2. The van der Waals surface area contributed by atoms with Crippen molar-refractivity contribution in [1.29, 1.82) is 0 Å². The van der Waals surface area contributed by atoms with E-state index in [0.717, 1.165) is 24.0 Å². The molecule has 4 rings (SSSR count). The molecule has 0 aliphatic heterocycles. The molecule has 23 heavy (non-hydrogen) atoms. The minimum Gasteiger partial charge on any atom is -0.345 e. The lowest BCUT2D eigenvalue weighted by Gasteiger charge is -2.24. The number of allylic oxidation sites excluding steroid dienone is 2. The molecular formula is C21H21NO. The maximum atomic E-state index is 12.8. The van der Waals surface area contributed by atoms with Gasteiger partial charge in [0.15, 0.2) is 0 Å². The summed E-state index contributed by atoms with van der Waals surface area (Å²) in [4.78, 5) is 12.8. The van der Waals surface area contributed by atoms with Gasteiger partial charge in [-0.25, -0.2) is 0 Å². The van der Waals surface area contributed by atoms with E-state index in [-0.39, 0.29) is 17.9 Å². The minimum atomic E-state index is -0.0759. The molecule has 116 valence electrons. The van der Waals surface area contributed by atoms with Crippen LogP contribution < -0.4 is 5.32 Å². The van der Waals surface area contributed by atoms with Crippen LogP contribution >= 0.6 is 0 Å². The van der Waals surface area contributed by atoms with E-state index >= 15 is 0 Å². The monoisotopic (exact) mass is 303 g/mol. The number of carbonyl (C=O) groups is 1. The third-order valence-electron chi connectivity index (χ3n) is 5.17. The van der Waals surface area contributed by atoms with Crippen molar-refractivity contribution in [2.24, 2.45) is 17.8 Å². The Balaban J connectivity index is 1.59. The van der Waals surface area contributed by atoms with E-state index < -0.39 is 0 Å². The predicted octanol–water partition coefficient (Wildman–Crippen LogP) is 4.10. The Bertz CT molecular complexity index is 668. The van der Waals surface area contributed by atoms with Crippen LogP contribution in [0, 0.1) is 17.8 Å². The van der Waals surface area contributed by atoms with E-state index in [2.05, 4.69) is 41.7 Å². The summed E-state index contributed by atoms with van der Waals surface area (Å²) in [5, 5.41) is 3.30. The Morgan fingerprint density at radius 2 is 1.48 bits per heavy atom. The van der Waals surface area contributed by atoms with E-state index in [0.29, 0.717) is 11.8 Å². The summed E-state index contributed by atoms with van der Waals surface area (Å²) in [7, 11) is 0. The van der Waals surface area contributed by atoms with Crippen molar-refractivity contribution in [3.05, 3.63) is 83.9 Å². The van der Waals surface area contributed by atoms with Crippen LogP contribution in [0.4, 0.5) is 0 Å². The highest BCUT2D eigenvalue weighted by molar-refractivity contribution is 5.81. The summed E-state index contributed by atoms with van der Waals surface area (Å²) in [6, 6.07) is 20.4. The van der Waals surface area contributed by atoms with Gasteiger partial charge in [0.05, 0.1) is 6.04 Å². The molecule has 0 unspecified atom stereocenters. The van der Waals surface area contributed by atoms with Crippen LogP contribution in [-0.2, 0) is 4.79 Å². The largest absolute Gasteiger partial charge is 0.345 e. The van der Waals surface area contributed by atoms with Gasteiger partial charge in [0, 0.05) is 5.92 Å². The second-order valence-electron chi connectivity index (χ2n) is 6.65. The summed E-state index contributed by atoms with van der Waals surface area (Å²) in [5.74, 6) is 1.38. The first-order valence-electron chi connectivity index (χ1n) is 8.40. The molecule has 2 nitrogen and oxygen atoms in total. The lowest BCUT2D eigenvalue weighted by atomic mass is 9.91. The van der Waals surface area contributed by atoms with Gasteiger partial charge >= 0.3 is 0 Å². The zero-order chi connectivity index (χ0) is 15.6. The van der Waals surface area contributed by atoms with Gasteiger partial charge in [-0.3, -0.25) is 4.79 Å². The maximum absolute atomic E-state index is 12.8. The summed E-state index contributed by atoms with van der Waals surface area (Å²) in [6.07, 6.45) is 6.67. The maximum Gasteiger partial charge on any atom is 0.224 e. The first-order chi connectivity index (χ1) is 11.3. The summed E-state index contributed by atoms with van der Waals surface area (Å²) in [6.45, 7) is 0. The molecule has 0 radical (unpaired) electrons. The molecule has 0 aromatic heterocycles. The van der Waals surface area contributed by atoms with Crippen molar-refractivity contribution in [3.8, 4) is 0 Å². The van der Waals surface area contributed by atoms with Gasteiger partial charge in [-0.2, -0.15) is 0 Å². The number of nitrogens with one attached hydrogen (secondary N) is 1. The standard InChI is InChI=1S/C21H21NO/c23-21(19-14-15-11-12-18(19)13-15)22-20(16-7-3-1-4-8-16)17-9-5-2-6-10-17/h1-12,15,18-20H,13-14H2,(H,22,23)/t15-,18-,19-/m0/s1. The van der Waals surface area contributed by atoms with Crippen molar-refractivity contribution in [3.63, 3.8) is 0 Å². The van der Waals surface area contributed by atoms with Gasteiger partial charge in [0.2, 0.25) is 5.91 Å². The van der Waals surface area contributed by atoms with E-state index in [1.54, 1.807) is 0 Å². The fourth-order valence-electron chi connectivity index (χ4n) is 3.98. The number of hydrogen-bond acceptors (Lipinski definition) is 1. The Hall–Kier alpha value is -2.35. The quantitative estimate of drug-likeness (QED) is 0.846.